The fraction of sp³-hybridized carbons (Fsp3) is 0.429. The van der Waals surface area contributed by atoms with Crippen LogP contribution in [0.25, 0.3) is 0 Å². The smallest absolute Gasteiger partial charge is 0.217 e. The fourth-order valence-electron chi connectivity index (χ4n) is 3.48. The van der Waals surface area contributed by atoms with Gasteiger partial charge in [-0.2, -0.15) is 0 Å². The van der Waals surface area contributed by atoms with Crippen molar-refractivity contribution in [3.8, 4) is 0 Å². The maximum atomic E-state index is 11.3. The second kappa shape index (κ2) is 9.80. The molecule has 27 heavy (non-hydrogen) atoms. The van der Waals surface area contributed by atoms with Gasteiger partial charge in [0.1, 0.15) is 5.76 Å². The molecule has 144 valence electrons. The minimum Gasteiger partial charge on any atom is -0.469 e. The number of likely N-dealkylation sites (tertiary alicyclic amines) is 1. The average molecular weight is 368 g/mol. The summed E-state index contributed by atoms with van der Waals surface area (Å²) in [5.41, 5.74) is 6.57. The maximum Gasteiger partial charge on any atom is 0.217 e. The summed E-state index contributed by atoms with van der Waals surface area (Å²) in [5.74, 6) is 1.91. The summed E-state index contributed by atoms with van der Waals surface area (Å²) in [6.45, 7) is 3.12. The van der Waals surface area contributed by atoms with E-state index in [4.69, 9.17) is 15.1 Å². The van der Waals surface area contributed by atoms with Crippen LogP contribution in [-0.4, -0.2) is 36.4 Å². The van der Waals surface area contributed by atoms with Gasteiger partial charge in [0.25, 0.3) is 0 Å². The van der Waals surface area contributed by atoms with Crippen molar-refractivity contribution in [1.82, 2.24) is 10.2 Å². The summed E-state index contributed by atoms with van der Waals surface area (Å²) in [5, 5.41) is 3.47. The Labute approximate surface area is 160 Å². The van der Waals surface area contributed by atoms with E-state index in [0.29, 0.717) is 18.9 Å². The van der Waals surface area contributed by atoms with Crippen LogP contribution < -0.4 is 11.1 Å². The molecule has 0 spiro atoms. The number of rotatable bonds is 7. The molecule has 1 aliphatic heterocycles. The average Bonchev–Trinajstić information content (AvgIpc) is 3.18. The minimum absolute atomic E-state index is 0.226. The van der Waals surface area contributed by atoms with Gasteiger partial charge < -0.3 is 20.4 Å². The molecule has 1 aromatic heterocycles. The van der Waals surface area contributed by atoms with Crippen molar-refractivity contribution >= 4 is 11.9 Å². The van der Waals surface area contributed by atoms with Gasteiger partial charge in [-0.05, 0) is 36.5 Å². The van der Waals surface area contributed by atoms with Crippen LogP contribution in [0, 0.1) is 5.92 Å². The Kier molecular flexibility index (Phi) is 6.90. The number of nitrogens with zero attached hydrogens (tertiary/aromatic N) is 2. The third-order valence-corrected chi connectivity index (χ3v) is 4.80. The van der Waals surface area contributed by atoms with Crippen molar-refractivity contribution in [2.24, 2.45) is 16.6 Å². The third-order valence-electron chi connectivity index (χ3n) is 4.80. The zero-order chi connectivity index (χ0) is 18.9. The highest BCUT2D eigenvalue weighted by molar-refractivity contribution is 5.80. The molecule has 0 aliphatic carbocycles. The number of nitrogens with two attached hydrogens (primary N) is 1. The number of guanidine groups is 1. The fourth-order valence-corrected chi connectivity index (χ4v) is 3.48. The van der Waals surface area contributed by atoms with Gasteiger partial charge >= 0.3 is 0 Å². The molecule has 3 N–H and O–H groups in total. The van der Waals surface area contributed by atoms with Gasteiger partial charge in [0, 0.05) is 32.5 Å². The first-order chi connectivity index (χ1) is 13.2. The SMILES string of the molecule is NC(=O)CC1CCCN(C(=NCc2ccccc2)NCCc2ccco2)C1. The molecular weight excluding hydrogens is 340 g/mol. The minimum atomic E-state index is -0.226. The van der Waals surface area contributed by atoms with Gasteiger partial charge in [-0.1, -0.05) is 30.3 Å². The third kappa shape index (κ3) is 6.16. The number of amides is 1. The molecule has 1 unspecified atom stereocenters. The molecule has 1 aliphatic rings. The lowest BCUT2D eigenvalue weighted by atomic mass is 9.95. The van der Waals surface area contributed by atoms with E-state index < -0.39 is 0 Å². The Morgan fingerprint density at radius 3 is 2.85 bits per heavy atom. The van der Waals surface area contributed by atoms with Crippen LogP contribution in [0.15, 0.2) is 58.1 Å². The number of piperidine rings is 1. The molecule has 0 radical (unpaired) electrons. The zero-order valence-electron chi connectivity index (χ0n) is 15.6. The first kappa shape index (κ1) is 19.0. The summed E-state index contributed by atoms with van der Waals surface area (Å²) < 4.78 is 5.41. The molecule has 1 saturated heterocycles. The van der Waals surface area contributed by atoms with E-state index in [2.05, 4.69) is 22.3 Å². The molecule has 1 atom stereocenters. The number of furan rings is 1. The molecular formula is C21H28N4O2. The summed E-state index contributed by atoms with van der Waals surface area (Å²) >= 11 is 0. The van der Waals surface area contributed by atoms with Gasteiger partial charge in [-0.15, -0.1) is 0 Å². The lowest BCUT2D eigenvalue weighted by Crippen LogP contribution is -2.47. The van der Waals surface area contributed by atoms with Gasteiger partial charge in [-0.25, -0.2) is 4.99 Å². The zero-order valence-corrected chi connectivity index (χ0v) is 15.6. The maximum absolute atomic E-state index is 11.3. The van der Waals surface area contributed by atoms with Crippen LogP contribution in [-0.2, 0) is 17.8 Å². The number of aliphatic imine (C=N–C) groups is 1. The van der Waals surface area contributed by atoms with Crippen LogP contribution >= 0.6 is 0 Å². The van der Waals surface area contributed by atoms with Crippen molar-refractivity contribution in [1.29, 1.82) is 0 Å². The number of benzene rings is 1. The number of hydrogen-bond acceptors (Lipinski definition) is 3. The van der Waals surface area contributed by atoms with Crippen LogP contribution in [0.1, 0.15) is 30.6 Å². The number of nitrogens with one attached hydrogen (secondary N) is 1. The van der Waals surface area contributed by atoms with E-state index in [9.17, 15) is 4.79 Å². The van der Waals surface area contributed by atoms with Gasteiger partial charge in [0.15, 0.2) is 5.96 Å². The lowest BCUT2D eigenvalue weighted by Gasteiger charge is -2.34. The molecule has 6 heteroatoms. The normalized spacial score (nSPS) is 17.7. The quantitative estimate of drug-likeness (QED) is 0.581. The Bertz CT molecular complexity index is 728. The van der Waals surface area contributed by atoms with Gasteiger partial charge in [0.05, 0.1) is 12.8 Å². The largest absolute Gasteiger partial charge is 0.469 e. The summed E-state index contributed by atoms with van der Waals surface area (Å²) in [6.07, 6.45) is 5.02. The number of carbonyl (C=O) groups is 1. The Balaban J connectivity index is 1.64. The molecule has 1 fully saturated rings. The molecule has 1 amide bonds. The summed E-state index contributed by atoms with van der Waals surface area (Å²) in [7, 11) is 0. The van der Waals surface area contributed by atoms with Crippen molar-refractivity contribution in [2.45, 2.75) is 32.2 Å². The molecule has 0 saturated carbocycles. The van der Waals surface area contributed by atoms with E-state index in [1.54, 1.807) is 6.26 Å². The monoisotopic (exact) mass is 368 g/mol. The highest BCUT2D eigenvalue weighted by Gasteiger charge is 2.23. The standard InChI is InChI=1S/C21H28N4O2/c22-20(26)14-18-8-4-12-25(16-18)21(23-11-10-19-9-5-13-27-19)24-15-17-6-2-1-3-7-17/h1-3,5-7,9,13,18H,4,8,10-12,14-16H2,(H2,22,26)(H,23,24). The second-order valence-corrected chi connectivity index (χ2v) is 7.01. The van der Waals surface area contributed by atoms with Crippen LogP contribution in [0.4, 0.5) is 0 Å². The highest BCUT2D eigenvalue weighted by Crippen LogP contribution is 2.19. The predicted molar refractivity (Wildman–Crippen MR) is 106 cm³/mol. The van der Waals surface area contributed by atoms with Gasteiger partial charge in [-0.3, -0.25) is 4.79 Å². The molecule has 1 aromatic carbocycles. The first-order valence-corrected chi connectivity index (χ1v) is 9.58. The Hall–Kier alpha value is -2.76. The molecule has 2 aromatic rings. The van der Waals surface area contributed by atoms with Gasteiger partial charge in [0.2, 0.25) is 5.91 Å². The van der Waals surface area contributed by atoms with Crippen molar-refractivity contribution < 1.29 is 9.21 Å². The highest BCUT2D eigenvalue weighted by atomic mass is 16.3. The van der Waals surface area contributed by atoms with E-state index in [0.717, 1.165) is 50.6 Å². The van der Waals surface area contributed by atoms with E-state index >= 15 is 0 Å². The first-order valence-electron chi connectivity index (χ1n) is 9.58. The number of primary amides is 1. The molecule has 2 heterocycles. The van der Waals surface area contributed by atoms with Crippen LogP contribution in [0.3, 0.4) is 0 Å². The van der Waals surface area contributed by atoms with Crippen LogP contribution in [0.2, 0.25) is 0 Å². The van der Waals surface area contributed by atoms with E-state index in [-0.39, 0.29) is 5.91 Å². The number of carbonyl (C=O) groups excluding carboxylic acids is 1. The lowest BCUT2D eigenvalue weighted by molar-refractivity contribution is -0.119. The Morgan fingerprint density at radius 1 is 1.26 bits per heavy atom. The van der Waals surface area contributed by atoms with Crippen molar-refractivity contribution in [2.75, 3.05) is 19.6 Å². The van der Waals surface area contributed by atoms with Crippen molar-refractivity contribution in [3.05, 3.63) is 60.1 Å². The summed E-state index contributed by atoms with van der Waals surface area (Å²) in [4.78, 5) is 18.4. The van der Waals surface area contributed by atoms with E-state index in [1.165, 1.54) is 5.56 Å². The Morgan fingerprint density at radius 2 is 2.11 bits per heavy atom. The molecule has 0 bridgehead atoms. The van der Waals surface area contributed by atoms with Crippen LogP contribution in [0.5, 0.6) is 0 Å². The molecule has 3 rings (SSSR count). The number of hydrogen-bond donors (Lipinski definition) is 2. The predicted octanol–water partition coefficient (Wildman–Crippen LogP) is 2.56. The van der Waals surface area contributed by atoms with E-state index in [1.807, 2.05) is 30.3 Å². The second-order valence-electron chi connectivity index (χ2n) is 7.01. The summed E-state index contributed by atoms with van der Waals surface area (Å²) in [6, 6.07) is 14.1. The molecule has 6 nitrogen and oxygen atoms in total. The topological polar surface area (TPSA) is 83.9 Å². The van der Waals surface area contributed by atoms with Crippen molar-refractivity contribution in [3.63, 3.8) is 0 Å².